The van der Waals surface area contributed by atoms with Gasteiger partial charge < -0.3 is 10.5 Å². The summed E-state index contributed by atoms with van der Waals surface area (Å²) in [4.78, 5) is 0. The van der Waals surface area contributed by atoms with Crippen molar-refractivity contribution in [3.63, 3.8) is 0 Å². The van der Waals surface area contributed by atoms with Crippen LogP contribution in [0, 0.1) is 11.6 Å². The van der Waals surface area contributed by atoms with Gasteiger partial charge in [-0.2, -0.15) is 0 Å². The average molecular weight is 235 g/mol. The van der Waals surface area contributed by atoms with Gasteiger partial charge in [0.15, 0.2) is 11.6 Å². The minimum absolute atomic E-state index is 0.0577. The quantitative estimate of drug-likeness (QED) is 0.829. The Morgan fingerprint density at radius 1 is 1.00 bits per heavy atom. The number of halogens is 2. The van der Waals surface area contributed by atoms with E-state index in [2.05, 4.69) is 0 Å². The maximum absolute atomic E-state index is 13.3. The van der Waals surface area contributed by atoms with Crippen LogP contribution < -0.4 is 10.5 Å². The van der Waals surface area contributed by atoms with Crippen LogP contribution in [-0.2, 0) is 6.61 Å². The number of anilines is 1. The molecule has 2 rings (SSSR count). The van der Waals surface area contributed by atoms with Gasteiger partial charge in [-0.05, 0) is 18.2 Å². The molecule has 17 heavy (non-hydrogen) atoms. The van der Waals surface area contributed by atoms with Crippen LogP contribution in [0.25, 0.3) is 0 Å². The second-order valence-electron chi connectivity index (χ2n) is 3.54. The molecule has 0 spiro atoms. The highest BCUT2D eigenvalue weighted by Crippen LogP contribution is 2.22. The van der Waals surface area contributed by atoms with Gasteiger partial charge in [0.05, 0.1) is 5.69 Å². The number of hydrogen-bond donors (Lipinski definition) is 1. The standard InChI is InChI=1S/C13H11F2NO/c14-10-5-3-4-9(13(10)15)8-17-12-7-2-1-6-11(12)16/h1-7H,8,16H2. The molecular weight excluding hydrogens is 224 g/mol. The molecule has 0 bridgehead atoms. The van der Waals surface area contributed by atoms with Gasteiger partial charge >= 0.3 is 0 Å². The van der Waals surface area contributed by atoms with Crippen LogP contribution >= 0.6 is 0 Å². The Balaban J connectivity index is 2.13. The summed E-state index contributed by atoms with van der Waals surface area (Å²) in [7, 11) is 0. The molecular formula is C13H11F2NO. The van der Waals surface area contributed by atoms with E-state index in [1.165, 1.54) is 12.1 Å². The predicted octanol–water partition coefficient (Wildman–Crippen LogP) is 3.13. The molecule has 0 aliphatic heterocycles. The molecule has 0 radical (unpaired) electrons. The molecule has 0 fully saturated rings. The summed E-state index contributed by atoms with van der Waals surface area (Å²) < 4.78 is 31.6. The number of ether oxygens (including phenoxy) is 1. The lowest BCUT2D eigenvalue weighted by molar-refractivity contribution is 0.299. The van der Waals surface area contributed by atoms with Crippen LogP contribution in [-0.4, -0.2) is 0 Å². The van der Waals surface area contributed by atoms with Gasteiger partial charge in [0, 0.05) is 5.56 Å². The van der Waals surface area contributed by atoms with Crippen molar-refractivity contribution in [2.24, 2.45) is 0 Å². The SMILES string of the molecule is Nc1ccccc1OCc1cccc(F)c1F. The number of rotatable bonds is 3. The number of benzene rings is 2. The highest BCUT2D eigenvalue weighted by Gasteiger charge is 2.08. The minimum atomic E-state index is -0.887. The maximum atomic E-state index is 13.3. The Morgan fingerprint density at radius 2 is 1.76 bits per heavy atom. The number of nitrogens with two attached hydrogens (primary N) is 1. The molecule has 2 aromatic rings. The summed E-state index contributed by atoms with van der Waals surface area (Å²) in [5.41, 5.74) is 6.28. The fraction of sp³-hybridized carbons (Fsp3) is 0.0769. The van der Waals surface area contributed by atoms with E-state index in [1.807, 2.05) is 0 Å². The Kier molecular flexibility index (Phi) is 3.23. The molecule has 0 aromatic heterocycles. The van der Waals surface area contributed by atoms with Gasteiger partial charge in [-0.1, -0.05) is 24.3 Å². The van der Waals surface area contributed by atoms with Gasteiger partial charge in [0.25, 0.3) is 0 Å². The largest absolute Gasteiger partial charge is 0.487 e. The molecule has 4 heteroatoms. The number of nitrogen functional groups attached to an aromatic ring is 1. The Hall–Kier alpha value is -2.10. The van der Waals surface area contributed by atoms with Gasteiger partial charge in [0.2, 0.25) is 0 Å². The van der Waals surface area contributed by atoms with Crippen molar-refractivity contribution in [3.8, 4) is 5.75 Å². The number of para-hydroxylation sites is 2. The molecule has 2 nitrogen and oxygen atoms in total. The topological polar surface area (TPSA) is 35.2 Å². The molecule has 0 aliphatic carbocycles. The van der Waals surface area contributed by atoms with Crippen molar-refractivity contribution >= 4 is 5.69 Å². The third-order valence-corrected chi connectivity index (χ3v) is 2.33. The zero-order chi connectivity index (χ0) is 12.3. The van der Waals surface area contributed by atoms with Crippen LogP contribution in [0.3, 0.4) is 0 Å². The zero-order valence-electron chi connectivity index (χ0n) is 8.99. The summed E-state index contributed by atoms with van der Waals surface area (Å²) in [5.74, 6) is -1.31. The summed E-state index contributed by atoms with van der Waals surface area (Å²) in [6, 6.07) is 10.8. The lowest BCUT2D eigenvalue weighted by atomic mass is 10.2. The van der Waals surface area contributed by atoms with Crippen molar-refractivity contribution in [2.45, 2.75) is 6.61 Å². The van der Waals surface area contributed by atoms with Crippen molar-refractivity contribution in [1.29, 1.82) is 0 Å². The van der Waals surface area contributed by atoms with E-state index in [0.717, 1.165) is 6.07 Å². The van der Waals surface area contributed by atoms with Crippen LogP contribution in [0.5, 0.6) is 5.75 Å². The van der Waals surface area contributed by atoms with Gasteiger partial charge in [0.1, 0.15) is 12.4 Å². The highest BCUT2D eigenvalue weighted by atomic mass is 19.2. The van der Waals surface area contributed by atoms with E-state index in [1.54, 1.807) is 24.3 Å². The van der Waals surface area contributed by atoms with Crippen molar-refractivity contribution in [2.75, 3.05) is 5.73 Å². The Labute approximate surface area is 97.6 Å². The summed E-state index contributed by atoms with van der Waals surface area (Å²) in [6.45, 7) is -0.0577. The monoisotopic (exact) mass is 235 g/mol. The van der Waals surface area contributed by atoms with Crippen molar-refractivity contribution in [1.82, 2.24) is 0 Å². The van der Waals surface area contributed by atoms with Crippen molar-refractivity contribution in [3.05, 3.63) is 59.7 Å². The Morgan fingerprint density at radius 3 is 2.53 bits per heavy atom. The van der Waals surface area contributed by atoms with E-state index in [-0.39, 0.29) is 12.2 Å². The highest BCUT2D eigenvalue weighted by molar-refractivity contribution is 5.51. The molecule has 2 aromatic carbocycles. The first-order chi connectivity index (χ1) is 8.18. The third-order valence-electron chi connectivity index (χ3n) is 2.33. The van der Waals surface area contributed by atoms with E-state index >= 15 is 0 Å². The normalized spacial score (nSPS) is 10.2. The summed E-state index contributed by atoms with van der Waals surface area (Å²) in [6.07, 6.45) is 0. The predicted molar refractivity (Wildman–Crippen MR) is 61.5 cm³/mol. The molecule has 0 unspecified atom stereocenters. The first kappa shape index (κ1) is 11.4. The second-order valence-corrected chi connectivity index (χ2v) is 3.54. The molecule has 0 saturated carbocycles. The second kappa shape index (κ2) is 4.82. The van der Waals surface area contributed by atoms with Crippen LogP contribution in [0.1, 0.15) is 5.56 Å². The number of hydrogen-bond acceptors (Lipinski definition) is 2. The van der Waals surface area contributed by atoms with Crippen LogP contribution in [0.4, 0.5) is 14.5 Å². The molecule has 0 saturated heterocycles. The molecule has 2 N–H and O–H groups in total. The van der Waals surface area contributed by atoms with Gasteiger partial charge in [-0.3, -0.25) is 0 Å². The lowest BCUT2D eigenvalue weighted by Crippen LogP contribution is -2.02. The molecule has 0 atom stereocenters. The van der Waals surface area contributed by atoms with E-state index in [0.29, 0.717) is 11.4 Å². The van der Waals surface area contributed by atoms with E-state index < -0.39 is 11.6 Å². The third kappa shape index (κ3) is 2.53. The van der Waals surface area contributed by atoms with Gasteiger partial charge in [-0.25, -0.2) is 8.78 Å². The lowest BCUT2D eigenvalue weighted by Gasteiger charge is -2.09. The molecule has 0 aliphatic rings. The molecule has 0 heterocycles. The fourth-order valence-corrected chi connectivity index (χ4v) is 1.43. The summed E-state index contributed by atoms with van der Waals surface area (Å²) in [5, 5.41) is 0. The first-order valence-electron chi connectivity index (χ1n) is 5.08. The van der Waals surface area contributed by atoms with Crippen LogP contribution in [0.15, 0.2) is 42.5 Å². The molecule has 0 amide bonds. The van der Waals surface area contributed by atoms with E-state index in [9.17, 15) is 8.78 Å². The maximum Gasteiger partial charge on any atom is 0.165 e. The average Bonchev–Trinajstić information content (AvgIpc) is 2.33. The molecule has 88 valence electrons. The van der Waals surface area contributed by atoms with Crippen molar-refractivity contribution < 1.29 is 13.5 Å². The van der Waals surface area contributed by atoms with Gasteiger partial charge in [-0.15, -0.1) is 0 Å². The fourth-order valence-electron chi connectivity index (χ4n) is 1.43. The van der Waals surface area contributed by atoms with Crippen LogP contribution in [0.2, 0.25) is 0 Å². The minimum Gasteiger partial charge on any atom is -0.487 e. The smallest absolute Gasteiger partial charge is 0.165 e. The first-order valence-corrected chi connectivity index (χ1v) is 5.08. The summed E-state index contributed by atoms with van der Waals surface area (Å²) >= 11 is 0. The van der Waals surface area contributed by atoms with E-state index in [4.69, 9.17) is 10.5 Å². The zero-order valence-corrected chi connectivity index (χ0v) is 8.99. The Bertz CT molecular complexity index is 529.